The van der Waals surface area contributed by atoms with Gasteiger partial charge in [0, 0.05) is 4.90 Å². The van der Waals surface area contributed by atoms with Crippen LogP contribution in [-0.4, -0.2) is 10.5 Å². The van der Waals surface area contributed by atoms with Crippen LogP contribution in [0.1, 0.15) is 0 Å². The molecule has 0 heterocycles. The van der Waals surface area contributed by atoms with E-state index < -0.39 is 10.5 Å². The summed E-state index contributed by atoms with van der Waals surface area (Å²) in [6, 6.07) is 7.88. The lowest BCUT2D eigenvalue weighted by molar-refractivity contribution is -0.124. The first-order valence-electron chi connectivity index (χ1n) is 3.34. The number of halogens is 3. The SMILES string of the molecule is O=C(Cl)C(F)(F)Sc1ccccc1. The molecule has 1 nitrogen and oxygen atoms in total. The molecule has 0 saturated carbocycles. The molecule has 1 aromatic carbocycles. The van der Waals surface area contributed by atoms with Gasteiger partial charge < -0.3 is 0 Å². The summed E-state index contributed by atoms with van der Waals surface area (Å²) in [6.07, 6.45) is 0. The highest BCUT2D eigenvalue weighted by Crippen LogP contribution is 2.37. The molecule has 0 saturated heterocycles. The van der Waals surface area contributed by atoms with E-state index in [1.165, 1.54) is 12.1 Å². The molecule has 1 aromatic rings. The highest BCUT2D eigenvalue weighted by molar-refractivity contribution is 8.01. The van der Waals surface area contributed by atoms with Crippen LogP contribution in [0.25, 0.3) is 0 Å². The van der Waals surface area contributed by atoms with E-state index >= 15 is 0 Å². The smallest absolute Gasteiger partial charge is 0.273 e. The van der Waals surface area contributed by atoms with Crippen LogP contribution in [0.15, 0.2) is 35.2 Å². The Balaban J connectivity index is 2.75. The summed E-state index contributed by atoms with van der Waals surface area (Å²) in [5.41, 5.74) is 0. The molecule has 0 atom stereocenters. The molecular weight excluding hydrogens is 218 g/mol. The van der Waals surface area contributed by atoms with E-state index in [2.05, 4.69) is 0 Å². The molecule has 0 aliphatic rings. The van der Waals surface area contributed by atoms with E-state index in [1.807, 2.05) is 0 Å². The van der Waals surface area contributed by atoms with E-state index in [1.54, 1.807) is 18.2 Å². The van der Waals surface area contributed by atoms with Gasteiger partial charge in [0.25, 0.3) is 0 Å². The second-order valence-corrected chi connectivity index (χ2v) is 3.74. The van der Waals surface area contributed by atoms with Gasteiger partial charge in [0.05, 0.1) is 0 Å². The number of benzene rings is 1. The molecule has 0 spiro atoms. The van der Waals surface area contributed by atoms with Crippen molar-refractivity contribution in [3.63, 3.8) is 0 Å². The van der Waals surface area contributed by atoms with Gasteiger partial charge in [-0.15, -0.1) is 0 Å². The van der Waals surface area contributed by atoms with Crippen LogP contribution in [0.5, 0.6) is 0 Å². The summed E-state index contributed by atoms with van der Waals surface area (Å²) in [7, 11) is 0. The first kappa shape index (κ1) is 10.5. The molecule has 1 rings (SSSR count). The molecule has 0 unspecified atom stereocenters. The Bertz CT molecular complexity index is 302. The van der Waals surface area contributed by atoms with Gasteiger partial charge in [-0.1, -0.05) is 18.2 Å². The van der Waals surface area contributed by atoms with Crippen LogP contribution in [0.4, 0.5) is 8.78 Å². The molecule has 13 heavy (non-hydrogen) atoms. The summed E-state index contributed by atoms with van der Waals surface area (Å²) in [5, 5.41) is -5.20. The number of alkyl halides is 2. The van der Waals surface area contributed by atoms with Gasteiger partial charge in [-0.05, 0) is 35.5 Å². The number of rotatable bonds is 3. The second-order valence-electron chi connectivity index (χ2n) is 2.21. The predicted molar refractivity (Wildman–Crippen MR) is 48.1 cm³/mol. The van der Waals surface area contributed by atoms with Crippen LogP contribution in [-0.2, 0) is 4.79 Å². The van der Waals surface area contributed by atoms with Crippen LogP contribution in [0, 0.1) is 0 Å². The molecule has 70 valence electrons. The summed E-state index contributed by atoms with van der Waals surface area (Å²) in [4.78, 5) is 10.6. The Morgan fingerprint density at radius 1 is 1.31 bits per heavy atom. The summed E-state index contributed by atoms with van der Waals surface area (Å²) in [5.74, 6) is 0. The lowest BCUT2D eigenvalue weighted by atomic mass is 10.4. The van der Waals surface area contributed by atoms with Gasteiger partial charge in [-0.25, -0.2) is 0 Å². The van der Waals surface area contributed by atoms with Crippen molar-refractivity contribution in [2.45, 2.75) is 10.2 Å². The summed E-state index contributed by atoms with van der Waals surface area (Å²) >= 11 is 4.85. The molecule has 0 aliphatic heterocycles. The maximum Gasteiger partial charge on any atom is 0.370 e. The molecule has 0 amide bonds. The predicted octanol–water partition coefficient (Wildman–Crippen LogP) is 3.14. The van der Waals surface area contributed by atoms with Crippen molar-refractivity contribution in [2.24, 2.45) is 0 Å². The highest BCUT2D eigenvalue weighted by Gasteiger charge is 2.38. The molecule has 0 N–H and O–H groups in total. The van der Waals surface area contributed by atoms with Gasteiger partial charge in [0.15, 0.2) is 0 Å². The lowest BCUT2D eigenvalue weighted by Crippen LogP contribution is -2.18. The number of hydrogen-bond donors (Lipinski definition) is 0. The first-order chi connectivity index (χ1) is 6.02. The minimum absolute atomic E-state index is 0.139. The van der Waals surface area contributed by atoms with Gasteiger partial charge in [-0.2, -0.15) is 8.78 Å². The van der Waals surface area contributed by atoms with Crippen molar-refractivity contribution in [1.82, 2.24) is 0 Å². The number of carbonyl (C=O) groups is 1. The Kier molecular flexibility index (Phi) is 3.27. The Morgan fingerprint density at radius 3 is 2.31 bits per heavy atom. The van der Waals surface area contributed by atoms with E-state index in [-0.39, 0.29) is 11.8 Å². The largest absolute Gasteiger partial charge is 0.370 e. The van der Waals surface area contributed by atoms with Gasteiger partial charge in [0.2, 0.25) is 0 Å². The average molecular weight is 223 g/mol. The Labute approximate surface area is 83.1 Å². The van der Waals surface area contributed by atoms with Gasteiger partial charge >= 0.3 is 10.5 Å². The second kappa shape index (κ2) is 4.07. The maximum absolute atomic E-state index is 12.7. The Hall–Kier alpha value is -0.610. The standard InChI is InChI=1S/C8H5ClF2OS/c9-7(12)8(10,11)13-6-4-2-1-3-5-6/h1-5H. The third-order valence-corrected chi connectivity index (χ3v) is 2.52. The molecule has 0 radical (unpaired) electrons. The lowest BCUT2D eigenvalue weighted by Gasteiger charge is -2.09. The van der Waals surface area contributed by atoms with E-state index in [9.17, 15) is 13.6 Å². The summed E-state index contributed by atoms with van der Waals surface area (Å²) < 4.78 is 25.4. The van der Waals surface area contributed by atoms with E-state index in [4.69, 9.17) is 11.6 Å². The first-order valence-corrected chi connectivity index (χ1v) is 4.53. The minimum atomic E-state index is -3.55. The van der Waals surface area contributed by atoms with Crippen molar-refractivity contribution in [3.8, 4) is 0 Å². The fraction of sp³-hybridized carbons (Fsp3) is 0.125. The normalized spacial score (nSPS) is 11.3. The number of thioether (sulfide) groups is 1. The van der Waals surface area contributed by atoms with Crippen molar-refractivity contribution in [1.29, 1.82) is 0 Å². The fourth-order valence-corrected chi connectivity index (χ4v) is 1.46. The number of carbonyl (C=O) groups excluding carboxylic acids is 1. The molecule has 0 aromatic heterocycles. The van der Waals surface area contributed by atoms with Crippen LogP contribution < -0.4 is 0 Å². The average Bonchev–Trinajstić information content (AvgIpc) is 2.05. The zero-order valence-electron chi connectivity index (χ0n) is 6.34. The topological polar surface area (TPSA) is 17.1 Å². The quantitative estimate of drug-likeness (QED) is 0.577. The van der Waals surface area contributed by atoms with Crippen molar-refractivity contribution < 1.29 is 13.6 Å². The van der Waals surface area contributed by atoms with Crippen LogP contribution >= 0.6 is 23.4 Å². The molecule has 0 aliphatic carbocycles. The Morgan fingerprint density at radius 2 is 1.85 bits per heavy atom. The van der Waals surface area contributed by atoms with E-state index in [0.717, 1.165) is 0 Å². The minimum Gasteiger partial charge on any atom is -0.273 e. The van der Waals surface area contributed by atoms with Gasteiger partial charge in [0.1, 0.15) is 0 Å². The van der Waals surface area contributed by atoms with Crippen LogP contribution in [0.2, 0.25) is 0 Å². The van der Waals surface area contributed by atoms with Crippen molar-refractivity contribution >= 4 is 28.6 Å². The fourth-order valence-electron chi connectivity index (χ4n) is 0.677. The highest BCUT2D eigenvalue weighted by atomic mass is 35.5. The third kappa shape index (κ3) is 2.97. The number of hydrogen-bond acceptors (Lipinski definition) is 2. The van der Waals surface area contributed by atoms with Crippen molar-refractivity contribution in [3.05, 3.63) is 30.3 Å². The molecule has 0 bridgehead atoms. The summed E-state index contributed by atoms with van der Waals surface area (Å²) in [6.45, 7) is 0. The monoisotopic (exact) mass is 222 g/mol. The molecule has 5 heteroatoms. The van der Waals surface area contributed by atoms with Crippen LogP contribution in [0.3, 0.4) is 0 Å². The zero-order chi connectivity index (χ0) is 9.90. The van der Waals surface area contributed by atoms with E-state index in [0.29, 0.717) is 4.90 Å². The van der Waals surface area contributed by atoms with Crippen molar-refractivity contribution in [2.75, 3.05) is 0 Å². The molecular formula is C8H5ClF2OS. The van der Waals surface area contributed by atoms with Gasteiger partial charge in [-0.3, -0.25) is 4.79 Å². The zero-order valence-corrected chi connectivity index (χ0v) is 7.91. The molecule has 0 fully saturated rings. The third-order valence-electron chi connectivity index (χ3n) is 1.22. The maximum atomic E-state index is 12.7.